The molecule has 1 aromatic carbocycles. The van der Waals surface area contributed by atoms with Crippen molar-refractivity contribution >= 4 is 17.3 Å². The fourth-order valence-electron chi connectivity index (χ4n) is 2.21. The topological polar surface area (TPSA) is 62.5 Å². The molecule has 0 saturated heterocycles. The molecule has 2 N–H and O–H groups in total. The number of hydrogen-bond donors (Lipinski definition) is 2. The maximum Gasteiger partial charge on any atom is 0.214 e. The molecule has 3 aromatic rings. The Morgan fingerprint density at radius 3 is 2.67 bits per heavy atom. The average molecular weight is 340 g/mol. The van der Waals surface area contributed by atoms with Crippen LogP contribution < -0.4 is 10.6 Å². The van der Waals surface area contributed by atoms with Gasteiger partial charge in [0, 0.05) is 17.5 Å². The van der Waals surface area contributed by atoms with Crippen molar-refractivity contribution in [1.29, 1.82) is 0 Å². The fourth-order valence-corrected chi connectivity index (χ4v) is 2.85. The standard InChI is InChI=1S/C18H20N4OS/c1-13-5-7-14(8-6-13)16-11-20-17(23-16)12-22-18(19-2)21-10-15-4-3-9-24-15/h3-9,11H,10,12H2,1-2H3,(H2,19,21,22). The van der Waals surface area contributed by atoms with Crippen molar-refractivity contribution in [2.75, 3.05) is 7.05 Å². The second-order valence-corrected chi connectivity index (χ2v) is 6.38. The summed E-state index contributed by atoms with van der Waals surface area (Å²) in [5.41, 5.74) is 2.25. The molecule has 0 atom stereocenters. The Hall–Kier alpha value is -2.60. The van der Waals surface area contributed by atoms with Gasteiger partial charge in [0.15, 0.2) is 11.7 Å². The van der Waals surface area contributed by atoms with E-state index < -0.39 is 0 Å². The maximum atomic E-state index is 5.80. The Morgan fingerprint density at radius 1 is 1.17 bits per heavy atom. The van der Waals surface area contributed by atoms with Crippen molar-refractivity contribution in [1.82, 2.24) is 15.6 Å². The summed E-state index contributed by atoms with van der Waals surface area (Å²) in [6.07, 6.45) is 1.75. The van der Waals surface area contributed by atoms with Crippen LogP contribution in [0.1, 0.15) is 16.3 Å². The molecule has 0 bridgehead atoms. The Kier molecular flexibility index (Phi) is 5.28. The van der Waals surface area contributed by atoms with E-state index in [9.17, 15) is 0 Å². The van der Waals surface area contributed by atoms with Crippen molar-refractivity contribution in [2.24, 2.45) is 4.99 Å². The van der Waals surface area contributed by atoms with Crippen LogP contribution in [0.3, 0.4) is 0 Å². The van der Waals surface area contributed by atoms with E-state index in [-0.39, 0.29) is 0 Å². The number of benzene rings is 1. The van der Waals surface area contributed by atoms with Crippen LogP contribution in [-0.4, -0.2) is 18.0 Å². The van der Waals surface area contributed by atoms with Gasteiger partial charge in [-0.05, 0) is 18.4 Å². The summed E-state index contributed by atoms with van der Waals surface area (Å²) in [6, 6.07) is 12.3. The number of oxazole rings is 1. The molecule has 124 valence electrons. The minimum atomic E-state index is 0.482. The molecule has 0 saturated carbocycles. The molecular formula is C18H20N4OS. The second kappa shape index (κ2) is 7.79. The highest BCUT2D eigenvalue weighted by molar-refractivity contribution is 7.09. The van der Waals surface area contributed by atoms with E-state index in [1.54, 1.807) is 24.6 Å². The number of nitrogens with zero attached hydrogens (tertiary/aromatic N) is 2. The lowest BCUT2D eigenvalue weighted by molar-refractivity contribution is 0.497. The minimum absolute atomic E-state index is 0.482. The summed E-state index contributed by atoms with van der Waals surface area (Å²) in [5.74, 6) is 2.12. The SMILES string of the molecule is CN=C(NCc1ncc(-c2ccc(C)cc2)o1)NCc1cccs1. The van der Waals surface area contributed by atoms with Gasteiger partial charge < -0.3 is 15.1 Å². The average Bonchev–Trinajstić information content (AvgIpc) is 3.27. The van der Waals surface area contributed by atoms with Crippen LogP contribution in [0, 0.1) is 6.92 Å². The molecule has 0 spiro atoms. The summed E-state index contributed by atoms with van der Waals surface area (Å²) >= 11 is 1.72. The van der Waals surface area contributed by atoms with Crippen molar-refractivity contribution in [3.05, 3.63) is 64.3 Å². The fraction of sp³-hybridized carbons (Fsp3) is 0.222. The Balaban J connectivity index is 1.55. The van der Waals surface area contributed by atoms with Crippen molar-refractivity contribution in [3.63, 3.8) is 0 Å². The number of thiophene rings is 1. The molecule has 0 radical (unpaired) electrons. The van der Waals surface area contributed by atoms with Gasteiger partial charge in [0.25, 0.3) is 0 Å². The van der Waals surface area contributed by atoms with E-state index in [2.05, 4.69) is 51.1 Å². The molecule has 0 aliphatic heterocycles. The van der Waals surface area contributed by atoms with Gasteiger partial charge in [-0.1, -0.05) is 35.9 Å². The van der Waals surface area contributed by atoms with Crippen LogP contribution in [0.2, 0.25) is 0 Å². The van der Waals surface area contributed by atoms with Crippen LogP contribution in [0.15, 0.2) is 57.4 Å². The molecular weight excluding hydrogens is 320 g/mol. The van der Waals surface area contributed by atoms with E-state index in [0.717, 1.165) is 23.8 Å². The van der Waals surface area contributed by atoms with Gasteiger partial charge >= 0.3 is 0 Å². The highest BCUT2D eigenvalue weighted by Crippen LogP contribution is 2.20. The lowest BCUT2D eigenvalue weighted by Crippen LogP contribution is -2.36. The van der Waals surface area contributed by atoms with Crippen LogP contribution >= 0.6 is 11.3 Å². The van der Waals surface area contributed by atoms with Crippen molar-refractivity contribution in [2.45, 2.75) is 20.0 Å². The normalized spacial score (nSPS) is 11.5. The zero-order valence-corrected chi connectivity index (χ0v) is 14.6. The Labute approximate surface area is 145 Å². The van der Waals surface area contributed by atoms with E-state index in [4.69, 9.17) is 4.42 Å². The first-order chi connectivity index (χ1) is 11.7. The molecule has 0 aliphatic carbocycles. The van der Waals surface area contributed by atoms with Gasteiger partial charge in [0.05, 0.1) is 19.3 Å². The lowest BCUT2D eigenvalue weighted by atomic mass is 10.1. The van der Waals surface area contributed by atoms with E-state index >= 15 is 0 Å². The number of rotatable bonds is 5. The molecule has 2 heterocycles. The van der Waals surface area contributed by atoms with Gasteiger partial charge in [0.1, 0.15) is 0 Å². The van der Waals surface area contributed by atoms with Crippen molar-refractivity contribution in [3.8, 4) is 11.3 Å². The molecule has 5 nitrogen and oxygen atoms in total. The first-order valence-corrected chi connectivity index (χ1v) is 8.61. The zero-order valence-electron chi connectivity index (χ0n) is 13.7. The van der Waals surface area contributed by atoms with Gasteiger partial charge in [-0.3, -0.25) is 4.99 Å². The number of aryl methyl sites for hydroxylation is 1. The highest BCUT2D eigenvalue weighted by Gasteiger charge is 2.07. The Bertz CT molecular complexity index is 791. The predicted molar refractivity (Wildman–Crippen MR) is 98.0 cm³/mol. The number of hydrogen-bond acceptors (Lipinski definition) is 4. The zero-order chi connectivity index (χ0) is 16.8. The van der Waals surface area contributed by atoms with Crippen LogP contribution in [0.4, 0.5) is 0 Å². The molecule has 6 heteroatoms. The van der Waals surface area contributed by atoms with E-state index in [0.29, 0.717) is 12.4 Å². The smallest absolute Gasteiger partial charge is 0.214 e. The third-order valence-electron chi connectivity index (χ3n) is 3.53. The van der Waals surface area contributed by atoms with Gasteiger partial charge in [-0.15, -0.1) is 11.3 Å². The number of nitrogens with one attached hydrogen (secondary N) is 2. The van der Waals surface area contributed by atoms with Gasteiger partial charge in [-0.25, -0.2) is 4.98 Å². The largest absolute Gasteiger partial charge is 0.439 e. The Morgan fingerprint density at radius 2 is 1.96 bits per heavy atom. The molecule has 24 heavy (non-hydrogen) atoms. The molecule has 0 amide bonds. The van der Waals surface area contributed by atoms with E-state index in [1.807, 2.05) is 18.2 Å². The van der Waals surface area contributed by atoms with Crippen molar-refractivity contribution < 1.29 is 4.42 Å². The first-order valence-electron chi connectivity index (χ1n) is 7.73. The third-order valence-corrected chi connectivity index (χ3v) is 4.41. The van der Waals surface area contributed by atoms with E-state index in [1.165, 1.54) is 10.4 Å². The van der Waals surface area contributed by atoms with Gasteiger partial charge in [0.2, 0.25) is 5.89 Å². The summed E-state index contributed by atoms with van der Waals surface area (Å²) < 4.78 is 5.80. The summed E-state index contributed by atoms with van der Waals surface area (Å²) in [5, 5.41) is 8.54. The number of aromatic nitrogens is 1. The predicted octanol–water partition coefficient (Wildman–Crippen LogP) is 3.58. The maximum absolute atomic E-state index is 5.80. The van der Waals surface area contributed by atoms with Gasteiger partial charge in [-0.2, -0.15) is 0 Å². The minimum Gasteiger partial charge on any atom is -0.439 e. The van der Waals surface area contributed by atoms with Crippen LogP contribution in [-0.2, 0) is 13.1 Å². The summed E-state index contributed by atoms with van der Waals surface area (Å²) in [4.78, 5) is 9.79. The van der Waals surface area contributed by atoms with Crippen LogP contribution in [0.5, 0.6) is 0 Å². The second-order valence-electron chi connectivity index (χ2n) is 5.34. The third kappa shape index (κ3) is 4.23. The quantitative estimate of drug-likeness (QED) is 0.550. The first kappa shape index (κ1) is 16.3. The lowest BCUT2D eigenvalue weighted by Gasteiger charge is -2.09. The highest BCUT2D eigenvalue weighted by atomic mass is 32.1. The molecule has 0 aliphatic rings. The molecule has 3 rings (SSSR count). The van der Waals surface area contributed by atoms with Crippen LogP contribution in [0.25, 0.3) is 11.3 Å². The number of guanidine groups is 1. The number of aliphatic imine (C=N–C) groups is 1. The summed E-state index contributed by atoms with van der Waals surface area (Å²) in [7, 11) is 1.75. The summed E-state index contributed by atoms with van der Waals surface area (Å²) in [6.45, 7) is 3.29. The molecule has 0 unspecified atom stereocenters. The molecule has 0 fully saturated rings. The molecule has 2 aromatic heterocycles. The monoisotopic (exact) mass is 340 g/mol.